The Bertz CT molecular complexity index is 1000. The van der Waals surface area contributed by atoms with Crippen LogP contribution in [0.2, 0.25) is 0 Å². The maximum Gasteiger partial charge on any atom is 0.237 e. The van der Waals surface area contributed by atoms with E-state index in [4.69, 9.17) is 5.73 Å². The van der Waals surface area contributed by atoms with Gasteiger partial charge in [0.25, 0.3) is 0 Å². The fourth-order valence-electron chi connectivity index (χ4n) is 4.46. The number of nitrogens with two attached hydrogens (primary N) is 1. The molecule has 27 heavy (non-hydrogen) atoms. The molecule has 1 aliphatic carbocycles. The van der Waals surface area contributed by atoms with E-state index in [0.717, 1.165) is 18.4 Å². The van der Waals surface area contributed by atoms with E-state index in [1.54, 1.807) is 12.3 Å². The zero-order valence-electron chi connectivity index (χ0n) is 15.7. The molecule has 3 N–H and O–H groups in total. The maximum atomic E-state index is 12.9. The summed E-state index contributed by atoms with van der Waals surface area (Å²) in [6.07, 6.45) is 6.88. The SMILES string of the molecule is C=CC1=C(N=CC)NC(=O)C12Cc1cc3ccc(CCCN)cc3cc1C2. The second kappa shape index (κ2) is 6.78. The molecule has 4 rings (SSSR count). The Morgan fingerprint density at radius 3 is 2.63 bits per heavy atom. The summed E-state index contributed by atoms with van der Waals surface area (Å²) >= 11 is 0. The van der Waals surface area contributed by atoms with Crippen LogP contribution in [-0.2, 0) is 24.1 Å². The zero-order chi connectivity index (χ0) is 19.0. The van der Waals surface area contributed by atoms with Crippen LogP contribution in [0.15, 0.2) is 59.4 Å². The topological polar surface area (TPSA) is 67.5 Å². The molecule has 1 unspecified atom stereocenters. The van der Waals surface area contributed by atoms with E-state index in [9.17, 15) is 4.79 Å². The van der Waals surface area contributed by atoms with Crippen molar-refractivity contribution in [3.05, 3.63) is 71.1 Å². The van der Waals surface area contributed by atoms with Crippen LogP contribution in [0.5, 0.6) is 0 Å². The molecular weight excluding hydrogens is 334 g/mol. The van der Waals surface area contributed by atoms with E-state index in [1.165, 1.54) is 27.5 Å². The molecule has 0 radical (unpaired) electrons. The number of carbonyl (C=O) groups excluding carboxylic acids is 1. The lowest BCUT2D eigenvalue weighted by atomic mass is 9.78. The number of aryl methyl sites for hydroxylation is 1. The van der Waals surface area contributed by atoms with Crippen molar-refractivity contribution in [1.82, 2.24) is 5.32 Å². The highest BCUT2D eigenvalue weighted by atomic mass is 16.2. The van der Waals surface area contributed by atoms with Crippen LogP contribution in [0.25, 0.3) is 10.8 Å². The van der Waals surface area contributed by atoms with E-state index in [1.807, 2.05) is 6.92 Å². The van der Waals surface area contributed by atoms with Gasteiger partial charge in [-0.2, -0.15) is 0 Å². The van der Waals surface area contributed by atoms with Crippen molar-refractivity contribution in [1.29, 1.82) is 0 Å². The van der Waals surface area contributed by atoms with E-state index in [-0.39, 0.29) is 5.91 Å². The number of hydrogen-bond donors (Lipinski definition) is 2. The number of hydrogen-bond acceptors (Lipinski definition) is 3. The van der Waals surface area contributed by atoms with Crippen molar-refractivity contribution in [3.8, 4) is 0 Å². The molecule has 0 bridgehead atoms. The first kappa shape index (κ1) is 17.7. The normalized spacial score (nSPS) is 21.5. The van der Waals surface area contributed by atoms with Gasteiger partial charge < -0.3 is 11.1 Å². The van der Waals surface area contributed by atoms with Crippen molar-refractivity contribution in [2.75, 3.05) is 6.54 Å². The van der Waals surface area contributed by atoms with Gasteiger partial charge in [0.15, 0.2) is 0 Å². The summed E-state index contributed by atoms with van der Waals surface area (Å²) < 4.78 is 0. The number of benzene rings is 2. The van der Waals surface area contributed by atoms with Crippen molar-refractivity contribution < 1.29 is 4.79 Å². The predicted molar refractivity (Wildman–Crippen MR) is 111 cm³/mol. The smallest absolute Gasteiger partial charge is 0.237 e. The number of aliphatic imine (C=N–C) groups is 1. The number of rotatable bonds is 5. The Morgan fingerprint density at radius 1 is 1.22 bits per heavy atom. The fourth-order valence-corrected chi connectivity index (χ4v) is 4.46. The van der Waals surface area contributed by atoms with Crippen LogP contribution >= 0.6 is 0 Å². The molecular formula is C23H25N3O. The van der Waals surface area contributed by atoms with Gasteiger partial charge in [0.05, 0.1) is 5.41 Å². The molecule has 1 atom stereocenters. The molecule has 138 valence electrons. The molecule has 0 fully saturated rings. The third-order valence-corrected chi connectivity index (χ3v) is 5.78. The average Bonchev–Trinajstić information content (AvgIpc) is 3.15. The second-order valence-corrected chi connectivity index (χ2v) is 7.44. The Kier molecular flexibility index (Phi) is 4.44. The highest BCUT2D eigenvalue weighted by molar-refractivity contribution is 5.95. The Hall–Kier alpha value is -2.72. The van der Waals surface area contributed by atoms with E-state index >= 15 is 0 Å². The first-order chi connectivity index (χ1) is 13.1. The minimum absolute atomic E-state index is 0.0295. The van der Waals surface area contributed by atoms with Crippen LogP contribution in [0, 0.1) is 5.41 Å². The number of nitrogens with zero attached hydrogens (tertiary/aromatic N) is 1. The van der Waals surface area contributed by atoms with Crippen LogP contribution in [-0.4, -0.2) is 18.7 Å². The van der Waals surface area contributed by atoms with Gasteiger partial charge in [-0.05, 0) is 66.6 Å². The highest BCUT2D eigenvalue weighted by Gasteiger charge is 2.51. The first-order valence-corrected chi connectivity index (χ1v) is 9.53. The molecule has 1 aliphatic heterocycles. The molecule has 2 aromatic rings. The molecule has 1 amide bonds. The summed E-state index contributed by atoms with van der Waals surface area (Å²) in [5.74, 6) is 0.667. The third-order valence-electron chi connectivity index (χ3n) is 5.78. The minimum atomic E-state index is -0.578. The largest absolute Gasteiger partial charge is 0.330 e. The monoisotopic (exact) mass is 359 g/mol. The summed E-state index contributed by atoms with van der Waals surface area (Å²) in [7, 11) is 0. The van der Waals surface area contributed by atoms with Crippen molar-refractivity contribution in [2.45, 2.75) is 32.6 Å². The lowest BCUT2D eigenvalue weighted by Gasteiger charge is -2.21. The molecule has 4 heteroatoms. The number of fused-ring (bicyclic) bond motifs is 2. The van der Waals surface area contributed by atoms with Gasteiger partial charge in [0.2, 0.25) is 5.91 Å². The first-order valence-electron chi connectivity index (χ1n) is 9.53. The number of amides is 1. The number of nitrogens with one attached hydrogen (secondary N) is 1. The minimum Gasteiger partial charge on any atom is -0.330 e. The van der Waals surface area contributed by atoms with Gasteiger partial charge in [0, 0.05) is 11.8 Å². The van der Waals surface area contributed by atoms with Crippen LogP contribution in [0.4, 0.5) is 0 Å². The lowest BCUT2D eigenvalue weighted by Crippen LogP contribution is -2.34. The summed E-state index contributed by atoms with van der Waals surface area (Å²) in [6.45, 7) is 6.51. The van der Waals surface area contributed by atoms with Crippen LogP contribution in [0.1, 0.15) is 30.0 Å². The number of carbonyl (C=O) groups is 1. The molecule has 0 saturated heterocycles. The fraction of sp³-hybridized carbons (Fsp3) is 0.304. The lowest BCUT2D eigenvalue weighted by molar-refractivity contribution is -0.126. The summed E-state index contributed by atoms with van der Waals surface area (Å²) in [6, 6.07) is 11.1. The summed E-state index contributed by atoms with van der Waals surface area (Å²) in [4.78, 5) is 17.2. The molecule has 0 aromatic heterocycles. The second-order valence-electron chi connectivity index (χ2n) is 7.44. The van der Waals surface area contributed by atoms with Crippen molar-refractivity contribution >= 4 is 22.9 Å². The standard InChI is InChI=1S/C23H25N3O/c1-3-20-21(25-4-2)26-22(27)23(20)13-18-11-16-8-7-15(6-5-9-24)10-17(16)12-19(18)14-23/h3-4,7-8,10-12H,1,5-6,9,13-14,24H2,2H3,(H,26,27). The predicted octanol–water partition coefficient (Wildman–Crippen LogP) is 3.43. The zero-order valence-corrected chi connectivity index (χ0v) is 15.7. The maximum absolute atomic E-state index is 12.9. The van der Waals surface area contributed by atoms with Gasteiger partial charge in [-0.25, -0.2) is 4.99 Å². The third kappa shape index (κ3) is 2.81. The van der Waals surface area contributed by atoms with Gasteiger partial charge in [-0.15, -0.1) is 0 Å². The molecule has 0 saturated carbocycles. The average molecular weight is 359 g/mol. The van der Waals surface area contributed by atoms with Crippen LogP contribution in [0.3, 0.4) is 0 Å². The van der Waals surface area contributed by atoms with E-state index in [2.05, 4.69) is 47.2 Å². The van der Waals surface area contributed by atoms with Gasteiger partial charge in [0.1, 0.15) is 5.82 Å². The van der Waals surface area contributed by atoms with Gasteiger partial charge in [-0.1, -0.05) is 43.0 Å². The highest BCUT2D eigenvalue weighted by Crippen LogP contribution is 2.48. The van der Waals surface area contributed by atoms with Crippen molar-refractivity contribution in [3.63, 3.8) is 0 Å². The van der Waals surface area contributed by atoms with Gasteiger partial charge in [-0.3, -0.25) is 4.79 Å². The van der Waals surface area contributed by atoms with Crippen LogP contribution < -0.4 is 11.1 Å². The Labute approximate surface area is 159 Å². The molecule has 1 spiro atoms. The quantitative estimate of drug-likeness (QED) is 0.803. The summed E-state index contributed by atoms with van der Waals surface area (Å²) in [5, 5.41) is 5.41. The Morgan fingerprint density at radius 2 is 1.96 bits per heavy atom. The number of allylic oxidation sites excluding steroid dienone is 1. The van der Waals surface area contributed by atoms with E-state index < -0.39 is 5.41 Å². The Balaban J connectivity index is 1.75. The molecule has 2 aliphatic rings. The summed E-state index contributed by atoms with van der Waals surface area (Å²) in [5.41, 5.74) is 9.77. The molecule has 4 nitrogen and oxygen atoms in total. The molecule has 1 heterocycles. The molecule has 2 aromatic carbocycles. The van der Waals surface area contributed by atoms with E-state index in [0.29, 0.717) is 25.2 Å². The van der Waals surface area contributed by atoms with Gasteiger partial charge >= 0.3 is 0 Å². The van der Waals surface area contributed by atoms with Crippen molar-refractivity contribution in [2.24, 2.45) is 16.1 Å².